The molecular weight excluding hydrogens is 212 g/mol. The molecule has 1 N–H and O–H groups in total. The molecule has 0 spiro atoms. The lowest BCUT2D eigenvalue weighted by atomic mass is 10.00. The average molecular weight is 242 g/mol. The van der Waals surface area contributed by atoms with E-state index in [0.717, 1.165) is 32.1 Å². The molecular formula is C14H30N2O. The van der Waals surface area contributed by atoms with Gasteiger partial charge in [-0.3, -0.25) is 4.90 Å². The van der Waals surface area contributed by atoms with E-state index < -0.39 is 0 Å². The first kappa shape index (κ1) is 14.9. The van der Waals surface area contributed by atoms with Crippen LogP contribution >= 0.6 is 0 Å². The summed E-state index contributed by atoms with van der Waals surface area (Å²) in [6.07, 6.45) is 3.61. The molecule has 1 rings (SSSR count). The van der Waals surface area contributed by atoms with Crippen molar-refractivity contribution in [1.29, 1.82) is 0 Å². The summed E-state index contributed by atoms with van der Waals surface area (Å²) >= 11 is 0. The molecule has 0 aromatic rings. The largest absolute Gasteiger partial charge is 0.380 e. The standard InChI is InChI=1S/C14H30N2O/c1-5-8-15-13-7-9-17-11-14(13)16(4)10-12(3)6-2/h12-15H,5-11H2,1-4H3. The second-order valence-corrected chi connectivity index (χ2v) is 5.44. The molecule has 1 aliphatic rings. The summed E-state index contributed by atoms with van der Waals surface area (Å²) in [5.74, 6) is 0.772. The van der Waals surface area contributed by atoms with Crippen LogP contribution in [0.1, 0.15) is 40.0 Å². The molecule has 0 saturated carbocycles. The first-order chi connectivity index (χ1) is 8.19. The monoisotopic (exact) mass is 242 g/mol. The van der Waals surface area contributed by atoms with Crippen LogP contribution in [0.4, 0.5) is 0 Å². The number of ether oxygens (including phenoxy) is 1. The van der Waals surface area contributed by atoms with E-state index in [9.17, 15) is 0 Å². The van der Waals surface area contributed by atoms with E-state index >= 15 is 0 Å². The maximum atomic E-state index is 5.65. The molecule has 1 saturated heterocycles. The minimum Gasteiger partial charge on any atom is -0.380 e. The number of likely N-dealkylation sites (N-methyl/N-ethyl adjacent to an activating group) is 1. The Bertz CT molecular complexity index is 199. The summed E-state index contributed by atoms with van der Waals surface area (Å²) in [5, 5.41) is 3.67. The fraction of sp³-hybridized carbons (Fsp3) is 1.00. The third-order valence-electron chi connectivity index (χ3n) is 3.85. The number of hydrogen-bond acceptors (Lipinski definition) is 3. The normalized spacial score (nSPS) is 27.4. The van der Waals surface area contributed by atoms with E-state index in [2.05, 4.69) is 38.0 Å². The quantitative estimate of drug-likeness (QED) is 0.740. The third-order valence-corrected chi connectivity index (χ3v) is 3.85. The summed E-state index contributed by atoms with van der Waals surface area (Å²) in [5.41, 5.74) is 0. The van der Waals surface area contributed by atoms with Gasteiger partial charge in [0.1, 0.15) is 0 Å². The van der Waals surface area contributed by atoms with Crippen molar-refractivity contribution in [2.75, 3.05) is 33.4 Å². The molecule has 102 valence electrons. The highest BCUT2D eigenvalue weighted by Gasteiger charge is 2.28. The van der Waals surface area contributed by atoms with Crippen LogP contribution in [0.3, 0.4) is 0 Å². The number of nitrogens with zero attached hydrogens (tertiary/aromatic N) is 1. The molecule has 3 nitrogen and oxygen atoms in total. The van der Waals surface area contributed by atoms with Crippen molar-refractivity contribution in [3.05, 3.63) is 0 Å². The van der Waals surface area contributed by atoms with Crippen LogP contribution in [0.2, 0.25) is 0 Å². The Morgan fingerprint density at radius 3 is 2.82 bits per heavy atom. The van der Waals surface area contributed by atoms with Crippen LogP contribution < -0.4 is 5.32 Å². The van der Waals surface area contributed by atoms with Gasteiger partial charge in [0.2, 0.25) is 0 Å². The highest BCUT2D eigenvalue weighted by atomic mass is 16.5. The van der Waals surface area contributed by atoms with E-state index in [0.29, 0.717) is 12.1 Å². The second kappa shape index (κ2) is 8.06. The lowest BCUT2D eigenvalue weighted by Gasteiger charge is -2.39. The molecule has 0 aromatic heterocycles. The Morgan fingerprint density at radius 1 is 1.41 bits per heavy atom. The minimum absolute atomic E-state index is 0.546. The molecule has 1 heterocycles. The van der Waals surface area contributed by atoms with Crippen LogP contribution in [0.5, 0.6) is 0 Å². The van der Waals surface area contributed by atoms with E-state index in [4.69, 9.17) is 4.74 Å². The predicted molar refractivity (Wildman–Crippen MR) is 73.4 cm³/mol. The molecule has 0 aromatic carbocycles. The summed E-state index contributed by atoms with van der Waals surface area (Å²) < 4.78 is 5.65. The molecule has 3 heteroatoms. The number of nitrogens with one attached hydrogen (secondary N) is 1. The van der Waals surface area contributed by atoms with Gasteiger partial charge in [-0.2, -0.15) is 0 Å². The lowest BCUT2D eigenvalue weighted by Crippen LogP contribution is -2.55. The van der Waals surface area contributed by atoms with Gasteiger partial charge in [0.05, 0.1) is 6.61 Å². The zero-order valence-electron chi connectivity index (χ0n) is 12.0. The zero-order chi connectivity index (χ0) is 12.7. The van der Waals surface area contributed by atoms with E-state index in [1.807, 2.05) is 0 Å². The molecule has 0 aliphatic carbocycles. The molecule has 1 aliphatic heterocycles. The van der Waals surface area contributed by atoms with Gasteiger partial charge in [-0.25, -0.2) is 0 Å². The van der Waals surface area contributed by atoms with Crippen molar-refractivity contribution in [3.63, 3.8) is 0 Å². The number of hydrogen-bond donors (Lipinski definition) is 1. The van der Waals surface area contributed by atoms with Gasteiger partial charge in [-0.1, -0.05) is 27.2 Å². The van der Waals surface area contributed by atoms with Crippen LogP contribution in [0, 0.1) is 5.92 Å². The van der Waals surface area contributed by atoms with Crippen molar-refractivity contribution in [3.8, 4) is 0 Å². The van der Waals surface area contributed by atoms with Crippen molar-refractivity contribution in [1.82, 2.24) is 10.2 Å². The SMILES string of the molecule is CCCNC1CCOCC1N(C)CC(C)CC. The maximum absolute atomic E-state index is 5.65. The average Bonchev–Trinajstić information content (AvgIpc) is 2.36. The lowest BCUT2D eigenvalue weighted by molar-refractivity contribution is 0.00209. The van der Waals surface area contributed by atoms with Gasteiger partial charge in [0.15, 0.2) is 0 Å². The smallest absolute Gasteiger partial charge is 0.0636 e. The third kappa shape index (κ3) is 4.94. The Balaban J connectivity index is 2.45. The molecule has 17 heavy (non-hydrogen) atoms. The van der Waals surface area contributed by atoms with E-state index in [-0.39, 0.29) is 0 Å². The fourth-order valence-corrected chi connectivity index (χ4v) is 2.48. The van der Waals surface area contributed by atoms with Gasteiger partial charge < -0.3 is 10.1 Å². The second-order valence-electron chi connectivity index (χ2n) is 5.44. The molecule has 3 unspecified atom stereocenters. The van der Waals surface area contributed by atoms with Gasteiger partial charge in [0, 0.05) is 25.2 Å². The van der Waals surface area contributed by atoms with E-state index in [1.54, 1.807) is 0 Å². The Kier molecular flexibility index (Phi) is 7.09. The van der Waals surface area contributed by atoms with Gasteiger partial charge in [0.25, 0.3) is 0 Å². The van der Waals surface area contributed by atoms with Crippen LogP contribution in [-0.4, -0.2) is 50.3 Å². The topological polar surface area (TPSA) is 24.5 Å². The van der Waals surface area contributed by atoms with Crippen LogP contribution in [0.15, 0.2) is 0 Å². The van der Waals surface area contributed by atoms with Gasteiger partial charge in [-0.15, -0.1) is 0 Å². The Morgan fingerprint density at radius 2 is 2.18 bits per heavy atom. The van der Waals surface area contributed by atoms with Crippen molar-refractivity contribution in [2.45, 2.75) is 52.1 Å². The van der Waals surface area contributed by atoms with E-state index in [1.165, 1.54) is 19.4 Å². The summed E-state index contributed by atoms with van der Waals surface area (Å²) in [7, 11) is 2.24. The Labute approximate surface area is 107 Å². The van der Waals surface area contributed by atoms with Crippen LogP contribution in [-0.2, 0) is 4.74 Å². The molecule has 0 bridgehead atoms. The first-order valence-electron chi connectivity index (χ1n) is 7.20. The minimum atomic E-state index is 0.546. The Hall–Kier alpha value is -0.120. The van der Waals surface area contributed by atoms with Gasteiger partial charge in [-0.05, 0) is 32.4 Å². The molecule has 3 atom stereocenters. The van der Waals surface area contributed by atoms with Crippen molar-refractivity contribution >= 4 is 0 Å². The summed E-state index contributed by atoms with van der Waals surface area (Å²) in [6, 6.07) is 1.15. The van der Waals surface area contributed by atoms with Crippen molar-refractivity contribution < 1.29 is 4.74 Å². The molecule has 0 radical (unpaired) electrons. The maximum Gasteiger partial charge on any atom is 0.0636 e. The molecule has 0 amide bonds. The fourth-order valence-electron chi connectivity index (χ4n) is 2.48. The first-order valence-corrected chi connectivity index (χ1v) is 7.20. The highest BCUT2D eigenvalue weighted by molar-refractivity contribution is 4.86. The molecule has 1 fully saturated rings. The highest BCUT2D eigenvalue weighted by Crippen LogP contribution is 2.15. The van der Waals surface area contributed by atoms with Crippen LogP contribution in [0.25, 0.3) is 0 Å². The number of rotatable bonds is 7. The van der Waals surface area contributed by atoms with Crippen molar-refractivity contribution in [2.24, 2.45) is 5.92 Å². The predicted octanol–water partition coefficient (Wildman–Crippen LogP) is 2.12. The van der Waals surface area contributed by atoms with Gasteiger partial charge >= 0.3 is 0 Å². The summed E-state index contributed by atoms with van der Waals surface area (Å²) in [6.45, 7) is 10.9. The summed E-state index contributed by atoms with van der Waals surface area (Å²) in [4.78, 5) is 2.49. The zero-order valence-corrected chi connectivity index (χ0v) is 12.0.